The fourth-order valence-electron chi connectivity index (χ4n) is 2.84. The molecule has 0 aliphatic carbocycles. The molecule has 3 rings (SSSR count). The number of para-hydroxylation sites is 1. The second kappa shape index (κ2) is 8.29. The van der Waals surface area contributed by atoms with Gasteiger partial charge < -0.3 is 5.32 Å². The highest BCUT2D eigenvalue weighted by molar-refractivity contribution is 5.91. The van der Waals surface area contributed by atoms with Gasteiger partial charge in [-0.3, -0.25) is 4.79 Å². The zero-order valence-electron chi connectivity index (χ0n) is 14.5. The first-order valence-electron chi connectivity index (χ1n) is 8.68. The van der Waals surface area contributed by atoms with E-state index in [1.807, 2.05) is 36.4 Å². The van der Waals surface area contributed by atoms with Gasteiger partial charge in [-0.15, -0.1) is 0 Å². The molecule has 0 heterocycles. The summed E-state index contributed by atoms with van der Waals surface area (Å²) in [7, 11) is 0. The highest BCUT2D eigenvalue weighted by Gasteiger charge is 2.07. The standard InChI is InChI=1S/C23H23NO/c1-18-11-13-19(14-12-18)15-16-23(25)24-22-10-6-5-9-21(22)17-20-7-3-2-4-8-20/h2-14H,15-17H2,1H3,(H,24,25). The molecule has 3 aromatic carbocycles. The maximum absolute atomic E-state index is 12.3. The van der Waals surface area contributed by atoms with Crippen LogP contribution in [0.2, 0.25) is 0 Å². The predicted octanol–water partition coefficient (Wildman–Crippen LogP) is 5.16. The predicted molar refractivity (Wildman–Crippen MR) is 104 cm³/mol. The van der Waals surface area contributed by atoms with Crippen LogP contribution in [0.1, 0.15) is 28.7 Å². The van der Waals surface area contributed by atoms with Crippen LogP contribution in [0.15, 0.2) is 78.9 Å². The third kappa shape index (κ3) is 5.05. The van der Waals surface area contributed by atoms with Gasteiger partial charge in [-0.2, -0.15) is 0 Å². The Balaban J connectivity index is 1.62. The molecule has 0 aliphatic rings. The average Bonchev–Trinajstić information content (AvgIpc) is 2.64. The molecule has 25 heavy (non-hydrogen) atoms. The van der Waals surface area contributed by atoms with E-state index < -0.39 is 0 Å². The Kier molecular flexibility index (Phi) is 5.63. The van der Waals surface area contributed by atoms with Gasteiger partial charge in [-0.1, -0.05) is 78.4 Å². The van der Waals surface area contributed by atoms with Gasteiger partial charge in [-0.05, 0) is 42.5 Å². The molecule has 2 heteroatoms. The van der Waals surface area contributed by atoms with E-state index in [4.69, 9.17) is 0 Å². The van der Waals surface area contributed by atoms with E-state index >= 15 is 0 Å². The number of carbonyl (C=O) groups excluding carboxylic acids is 1. The van der Waals surface area contributed by atoms with E-state index in [0.717, 1.165) is 24.1 Å². The normalized spacial score (nSPS) is 10.4. The first-order valence-corrected chi connectivity index (χ1v) is 8.68. The number of benzene rings is 3. The fraction of sp³-hybridized carbons (Fsp3) is 0.174. The van der Waals surface area contributed by atoms with Crippen molar-refractivity contribution in [1.82, 2.24) is 0 Å². The van der Waals surface area contributed by atoms with Gasteiger partial charge in [0.25, 0.3) is 0 Å². The minimum atomic E-state index is 0.0566. The van der Waals surface area contributed by atoms with Crippen molar-refractivity contribution in [1.29, 1.82) is 0 Å². The van der Waals surface area contributed by atoms with E-state index in [2.05, 4.69) is 54.7 Å². The van der Waals surface area contributed by atoms with Gasteiger partial charge in [0.1, 0.15) is 0 Å². The molecular formula is C23H23NO. The lowest BCUT2D eigenvalue weighted by Crippen LogP contribution is -2.13. The molecule has 0 unspecified atom stereocenters. The first-order chi connectivity index (χ1) is 12.2. The van der Waals surface area contributed by atoms with Crippen LogP contribution < -0.4 is 5.32 Å². The van der Waals surface area contributed by atoms with Crippen molar-refractivity contribution < 1.29 is 4.79 Å². The van der Waals surface area contributed by atoms with Crippen LogP contribution in [0.5, 0.6) is 0 Å². The molecule has 1 N–H and O–H groups in total. The summed E-state index contributed by atoms with van der Waals surface area (Å²) in [6.07, 6.45) is 2.06. The molecule has 3 aromatic rings. The van der Waals surface area contributed by atoms with Crippen LogP contribution in [0, 0.1) is 6.92 Å². The number of hydrogen-bond donors (Lipinski definition) is 1. The highest BCUT2D eigenvalue weighted by Crippen LogP contribution is 2.19. The minimum absolute atomic E-state index is 0.0566. The smallest absolute Gasteiger partial charge is 0.224 e. The number of nitrogens with one attached hydrogen (secondary N) is 1. The van der Waals surface area contributed by atoms with E-state index in [1.54, 1.807) is 0 Å². The summed E-state index contributed by atoms with van der Waals surface area (Å²) in [6.45, 7) is 2.07. The van der Waals surface area contributed by atoms with Gasteiger partial charge in [0.15, 0.2) is 0 Å². The zero-order valence-corrected chi connectivity index (χ0v) is 14.5. The van der Waals surface area contributed by atoms with Crippen LogP contribution >= 0.6 is 0 Å². The lowest BCUT2D eigenvalue weighted by molar-refractivity contribution is -0.116. The summed E-state index contributed by atoms with van der Waals surface area (Å²) in [6, 6.07) is 26.7. The van der Waals surface area contributed by atoms with Crippen molar-refractivity contribution >= 4 is 11.6 Å². The second-order valence-electron chi connectivity index (χ2n) is 6.35. The fourth-order valence-corrected chi connectivity index (χ4v) is 2.84. The summed E-state index contributed by atoms with van der Waals surface area (Å²) in [5.41, 5.74) is 5.71. The Labute approximate surface area is 149 Å². The summed E-state index contributed by atoms with van der Waals surface area (Å²) >= 11 is 0. The lowest BCUT2D eigenvalue weighted by Gasteiger charge is -2.11. The molecule has 1 amide bonds. The van der Waals surface area contributed by atoms with E-state index in [-0.39, 0.29) is 5.91 Å². The van der Waals surface area contributed by atoms with Crippen molar-refractivity contribution in [2.24, 2.45) is 0 Å². The topological polar surface area (TPSA) is 29.1 Å². The summed E-state index contributed by atoms with van der Waals surface area (Å²) in [5, 5.41) is 3.07. The van der Waals surface area contributed by atoms with Gasteiger partial charge in [-0.25, -0.2) is 0 Å². The average molecular weight is 329 g/mol. The highest BCUT2D eigenvalue weighted by atomic mass is 16.1. The van der Waals surface area contributed by atoms with Gasteiger partial charge in [0, 0.05) is 12.1 Å². The largest absolute Gasteiger partial charge is 0.326 e. The summed E-state index contributed by atoms with van der Waals surface area (Å²) in [4.78, 5) is 12.3. The maximum Gasteiger partial charge on any atom is 0.224 e. The molecule has 0 saturated heterocycles. The van der Waals surface area contributed by atoms with Crippen LogP contribution in [-0.4, -0.2) is 5.91 Å². The Bertz CT molecular complexity index is 822. The molecule has 0 radical (unpaired) electrons. The molecule has 0 bridgehead atoms. The molecule has 0 fully saturated rings. The lowest BCUT2D eigenvalue weighted by atomic mass is 10.0. The second-order valence-corrected chi connectivity index (χ2v) is 6.35. The first kappa shape index (κ1) is 17.0. The maximum atomic E-state index is 12.3. The third-order valence-corrected chi connectivity index (χ3v) is 4.29. The third-order valence-electron chi connectivity index (χ3n) is 4.29. The number of amides is 1. The van der Waals surface area contributed by atoms with Gasteiger partial charge >= 0.3 is 0 Å². The zero-order chi connectivity index (χ0) is 17.5. The van der Waals surface area contributed by atoms with Crippen LogP contribution in [0.3, 0.4) is 0 Å². The number of aryl methyl sites for hydroxylation is 2. The monoisotopic (exact) mass is 329 g/mol. The summed E-state index contributed by atoms with van der Waals surface area (Å²) in [5.74, 6) is 0.0566. The molecule has 0 spiro atoms. The number of anilines is 1. The van der Waals surface area contributed by atoms with Crippen LogP contribution in [-0.2, 0) is 17.6 Å². The Morgan fingerprint density at radius 1 is 0.800 bits per heavy atom. The SMILES string of the molecule is Cc1ccc(CCC(=O)Nc2ccccc2Cc2ccccc2)cc1. The van der Waals surface area contributed by atoms with Crippen molar-refractivity contribution in [2.75, 3.05) is 5.32 Å². The van der Waals surface area contributed by atoms with Crippen LogP contribution in [0.4, 0.5) is 5.69 Å². The van der Waals surface area contributed by atoms with Crippen molar-refractivity contribution in [3.8, 4) is 0 Å². The van der Waals surface area contributed by atoms with E-state index in [9.17, 15) is 4.79 Å². The van der Waals surface area contributed by atoms with Gasteiger partial charge in [0.2, 0.25) is 5.91 Å². The van der Waals surface area contributed by atoms with Gasteiger partial charge in [0.05, 0.1) is 0 Å². The Hall–Kier alpha value is -2.87. The molecule has 126 valence electrons. The number of carbonyl (C=O) groups is 1. The van der Waals surface area contributed by atoms with Crippen molar-refractivity contribution in [3.05, 3.63) is 101 Å². The summed E-state index contributed by atoms with van der Waals surface area (Å²) < 4.78 is 0. The minimum Gasteiger partial charge on any atom is -0.326 e. The van der Waals surface area contributed by atoms with Crippen molar-refractivity contribution in [2.45, 2.75) is 26.2 Å². The van der Waals surface area contributed by atoms with E-state index in [1.165, 1.54) is 16.7 Å². The molecular weight excluding hydrogens is 306 g/mol. The molecule has 0 aromatic heterocycles. The van der Waals surface area contributed by atoms with E-state index in [0.29, 0.717) is 6.42 Å². The van der Waals surface area contributed by atoms with Crippen molar-refractivity contribution in [3.63, 3.8) is 0 Å². The number of hydrogen-bond acceptors (Lipinski definition) is 1. The quantitative estimate of drug-likeness (QED) is 0.665. The molecule has 0 atom stereocenters. The molecule has 2 nitrogen and oxygen atoms in total. The number of rotatable bonds is 6. The Morgan fingerprint density at radius 2 is 1.48 bits per heavy atom. The molecule has 0 saturated carbocycles. The Morgan fingerprint density at radius 3 is 2.24 bits per heavy atom. The van der Waals surface area contributed by atoms with Crippen LogP contribution in [0.25, 0.3) is 0 Å². The molecule has 0 aliphatic heterocycles.